The normalized spacial score (nSPS) is 24.0. The Labute approximate surface area is 189 Å². The van der Waals surface area contributed by atoms with Crippen LogP contribution in [0.25, 0.3) is 0 Å². The molecule has 2 aliphatic carbocycles. The van der Waals surface area contributed by atoms with Crippen molar-refractivity contribution in [2.24, 2.45) is 0 Å². The van der Waals surface area contributed by atoms with Crippen LogP contribution in [0.5, 0.6) is 0 Å². The Morgan fingerprint density at radius 2 is 1.94 bits per heavy atom. The average Bonchev–Trinajstić information content (AvgIpc) is 3.57. The minimum absolute atomic E-state index is 0.129. The summed E-state index contributed by atoms with van der Waals surface area (Å²) >= 11 is 0. The number of nitrogens with zero attached hydrogens (tertiary/aromatic N) is 5. The molecule has 2 saturated heterocycles. The Morgan fingerprint density at radius 1 is 1.09 bits per heavy atom. The number of rotatable bonds is 5. The lowest BCUT2D eigenvalue weighted by Crippen LogP contribution is -2.45. The molecule has 0 unspecified atom stereocenters. The highest BCUT2D eigenvalue weighted by molar-refractivity contribution is 5.85. The topological polar surface area (TPSA) is 90.0 Å². The lowest BCUT2D eigenvalue weighted by Gasteiger charge is -2.37. The van der Waals surface area contributed by atoms with E-state index in [2.05, 4.69) is 33.4 Å². The van der Waals surface area contributed by atoms with Crippen LogP contribution >= 0.6 is 0 Å². The fourth-order valence-corrected chi connectivity index (χ4v) is 5.86. The van der Waals surface area contributed by atoms with Crippen molar-refractivity contribution in [3.63, 3.8) is 0 Å². The molecule has 2 N–H and O–H groups in total. The molecule has 1 saturated carbocycles. The lowest BCUT2D eigenvalue weighted by atomic mass is 9.68. The van der Waals surface area contributed by atoms with E-state index in [1.807, 2.05) is 4.90 Å². The molecule has 8 heteroatoms. The van der Waals surface area contributed by atoms with Crippen molar-refractivity contribution >= 4 is 23.5 Å². The first-order valence-corrected chi connectivity index (χ1v) is 12.4. The highest BCUT2D eigenvalue weighted by atomic mass is 16.2. The minimum atomic E-state index is -0.129. The summed E-state index contributed by atoms with van der Waals surface area (Å²) in [6.45, 7) is 4.93. The molecule has 3 fully saturated rings. The van der Waals surface area contributed by atoms with Crippen molar-refractivity contribution in [2.75, 3.05) is 29.9 Å². The summed E-state index contributed by atoms with van der Waals surface area (Å²) in [5, 5.41) is 11.3. The van der Waals surface area contributed by atoms with Crippen LogP contribution in [-0.2, 0) is 23.1 Å². The summed E-state index contributed by atoms with van der Waals surface area (Å²) in [5.74, 6) is 2.63. The number of nitrogens with one attached hydrogen (secondary N) is 2. The van der Waals surface area contributed by atoms with Crippen molar-refractivity contribution in [1.82, 2.24) is 25.1 Å². The summed E-state index contributed by atoms with van der Waals surface area (Å²) in [4.78, 5) is 27.3. The number of H-pyrrole nitrogens is 1. The van der Waals surface area contributed by atoms with Gasteiger partial charge in [0.25, 0.3) is 0 Å². The number of likely N-dealkylation sites (tertiary alicyclic amines) is 1. The summed E-state index contributed by atoms with van der Waals surface area (Å²) in [5.41, 5.74) is 3.76. The number of amides is 1. The van der Waals surface area contributed by atoms with Gasteiger partial charge in [-0.2, -0.15) is 10.1 Å². The molecule has 4 heterocycles. The van der Waals surface area contributed by atoms with Gasteiger partial charge in [0.1, 0.15) is 11.9 Å². The maximum Gasteiger partial charge on any atom is 0.245 e. The summed E-state index contributed by atoms with van der Waals surface area (Å²) < 4.78 is 0. The maximum absolute atomic E-state index is 13.2. The standard InChI is InChI=1S/C24H33N7O/c1-24(10-6-11-24)19-15-20(29-28-19)26-21-16-7-4-8-17(16)25-23(27-21)31-14-5-9-18(31)22(32)30-12-2-3-13-30/h15,18H,2-14H2,1H3,(H2,25,26,27,28,29)/t18-/m1/s1. The van der Waals surface area contributed by atoms with E-state index >= 15 is 0 Å². The summed E-state index contributed by atoms with van der Waals surface area (Å²) in [7, 11) is 0. The van der Waals surface area contributed by atoms with Gasteiger partial charge in [-0.3, -0.25) is 9.89 Å². The summed E-state index contributed by atoms with van der Waals surface area (Å²) in [6, 6.07) is 2.01. The molecular weight excluding hydrogens is 402 g/mol. The van der Waals surface area contributed by atoms with E-state index in [-0.39, 0.29) is 17.4 Å². The third kappa shape index (κ3) is 3.35. The molecule has 0 aromatic carbocycles. The van der Waals surface area contributed by atoms with Crippen LogP contribution in [0.1, 0.15) is 75.2 Å². The van der Waals surface area contributed by atoms with Gasteiger partial charge >= 0.3 is 0 Å². The molecule has 4 aliphatic rings. The first-order valence-electron chi connectivity index (χ1n) is 12.4. The monoisotopic (exact) mass is 435 g/mol. The molecule has 170 valence electrons. The van der Waals surface area contributed by atoms with Crippen LogP contribution in [0.4, 0.5) is 17.6 Å². The Kier molecular flexibility index (Phi) is 4.84. The van der Waals surface area contributed by atoms with Gasteiger partial charge in [0.15, 0.2) is 5.82 Å². The molecular formula is C24H33N7O. The SMILES string of the molecule is CC1(c2cc(Nc3nc(N4CCC[C@@H]4C(=O)N4CCCC4)nc4c3CCC4)n[nH]2)CCC1. The first kappa shape index (κ1) is 20.0. The second kappa shape index (κ2) is 7.74. The van der Waals surface area contributed by atoms with Gasteiger partial charge in [-0.05, 0) is 57.8 Å². The van der Waals surface area contributed by atoms with Crippen LogP contribution in [0.3, 0.4) is 0 Å². The Hall–Kier alpha value is -2.64. The molecule has 2 aliphatic heterocycles. The van der Waals surface area contributed by atoms with Gasteiger partial charge in [-0.25, -0.2) is 4.98 Å². The van der Waals surface area contributed by atoms with Crippen molar-refractivity contribution in [1.29, 1.82) is 0 Å². The third-order valence-electron chi connectivity index (χ3n) is 8.07. The maximum atomic E-state index is 13.2. The zero-order valence-electron chi connectivity index (χ0n) is 19.0. The number of aryl methyl sites for hydroxylation is 1. The fraction of sp³-hybridized carbons (Fsp3) is 0.667. The smallest absolute Gasteiger partial charge is 0.245 e. The highest BCUT2D eigenvalue weighted by Gasteiger charge is 2.37. The number of carbonyl (C=O) groups excluding carboxylic acids is 1. The third-order valence-corrected chi connectivity index (χ3v) is 8.07. The average molecular weight is 436 g/mol. The predicted molar refractivity (Wildman–Crippen MR) is 123 cm³/mol. The van der Waals surface area contributed by atoms with E-state index in [4.69, 9.17) is 9.97 Å². The number of hydrogen-bond donors (Lipinski definition) is 2. The molecule has 8 nitrogen and oxygen atoms in total. The van der Waals surface area contributed by atoms with Crippen LogP contribution in [0.15, 0.2) is 6.07 Å². The van der Waals surface area contributed by atoms with E-state index in [0.717, 1.165) is 81.9 Å². The van der Waals surface area contributed by atoms with Crippen LogP contribution < -0.4 is 10.2 Å². The largest absolute Gasteiger partial charge is 0.341 e. The van der Waals surface area contributed by atoms with Crippen LogP contribution in [0, 0.1) is 0 Å². The van der Waals surface area contributed by atoms with E-state index < -0.39 is 0 Å². The van der Waals surface area contributed by atoms with Gasteiger partial charge in [-0.1, -0.05) is 13.3 Å². The first-order chi connectivity index (χ1) is 15.6. The molecule has 6 rings (SSSR count). The Balaban J connectivity index is 1.28. The molecule has 1 atom stereocenters. The molecule has 2 aromatic rings. The fourth-order valence-electron chi connectivity index (χ4n) is 5.86. The van der Waals surface area contributed by atoms with Crippen LogP contribution in [0.2, 0.25) is 0 Å². The van der Waals surface area contributed by atoms with E-state index in [1.165, 1.54) is 30.5 Å². The van der Waals surface area contributed by atoms with Gasteiger partial charge in [-0.15, -0.1) is 0 Å². The predicted octanol–water partition coefficient (Wildman–Crippen LogP) is 3.46. The van der Waals surface area contributed by atoms with Crippen LogP contribution in [-0.4, -0.2) is 56.6 Å². The number of aromatic amines is 1. The Morgan fingerprint density at radius 3 is 2.72 bits per heavy atom. The zero-order chi connectivity index (χ0) is 21.7. The van der Waals surface area contributed by atoms with Gasteiger partial charge < -0.3 is 15.1 Å². The van der Waals surface area contributed by atoms with Gasteiger partial charge in [0, 0.05) is 42.4 Å². The highest BCUT2D eigenvalue weighted by Crippen LogP contribution is 2.43. The quantitative estimate of drug-likeness (QED) is 0.748. The molecule has 0 radical (unpaired) electrons. The summed E-state index contributed by atoms with van der Waals surface area (Å²) in [6.07, 6.45) is 10.9. The number of hydrogen-bond acceptors (Lipinski definition) is 6. The molecule has 0 bridgehead atoms. The number of fused-ring (bicyclic) bond motifs is 1. The second-order valence-electron chi connectivity index (χ2n) is 10.2. The number of aromatic nitrogens is 4. The zero-order valence-corrected chi connectivity index (χ0v) is 19.0. The van der Waals surface area contributed by atoms with E-state index in [0.29, 0.717) is 5.95 Å². The van der Waals surface area contributed by atoms with Gasteiger partial charge in [0.2, 0.25) is 11.9 Å². The van der Waals surface area contributed by atoms with Crippen molar-refractivity contribution < 1.29 is 4.79 Å². The lowest BCUT2D eigenvalue weighted by molar-refractivity contribution is -0.131. The van der Waals surface area contributed by atoms with E-state index in [9.17, 15) is 4.79 Å². The van der Waals surface area contributed by atoms with Gasteiger partial charge in [0.05, 0.1) is 5.69 Å². The number of anilines is 3. The Bertz CT molecular complexity index is 1020. The second-order valence-corrected chi connectivity index (χ2v) is 10.2. The molecule has 0 spiro atoms. The molecule has 1 amide bonds. The number of carbonyl (C=O) groups is 1. The molecule has 2 aromatic heterocycles. The van der Waals surface area contributed by atoms with E-state index in [1.54, 1.807) is 0 Å². The van der Waals surface area contributed by atoms with Crippen molar-refractivity contribution in [3.05, 3.63) is 23.0 Å². The van der Waals surface area contributed by atoms with Crippen molar-refractivity contribution in [3.8, 4) is 0 Å². The van der Waals surface area contributed by atoms with Crippen molar-refractivity contribution in [2.45, 2.75) is 82.6 Å². The molecule has 32 heavy (non-hydrogen) atoms. The minimum Gasteiger partial charge on any atom is -0.341 e.